The summed E-state index contributed by atoms with van der Waals surface area (Å²) in [6, 6.07) is -0.0661. The van der Waals surface area contributed by atoms with E-state index < -0.39 is 0 Å². The highest BCUT2D eigenvalue weighted by atomic mass is 16.5. The van der Waals surface area contributed by atoms with Crippen LogP contribution in [0, 0.1) is 6.92 Å². The molecule has 0 aliphatic carbocycles. The van der Waals surface area contributed by atoms with Crippen molar-refractivity contribution in [3.8, 4) is 0 Å². The Balaban J connectivity index is 2.06. The topological polar surface area (TPSA) is 82.2 Å². The molecule has 0 saturated heterocycles. The number of esters is 1. The van der Waals surface area contributed by atoms with Gasteiger partial charge in [-0.05, 0) is 20.8 Å². The summed E-state index contributed by atoms with van der Waals surface area (Å²) < 4.78 is 12.2. The molecule has 1 atom stereocenters. The lowest BCUT2D eigenvalue weighted by Gasteiger charge is -2.11. The number of rotatable bonds is 6. The average Bonchev–Trinajstić information content (AvgIpc) is 3.03. The van der Waals surface area contributed by atoms with Gasteiger partial charge in [-0.25, -0.2) is 9.78 Å². The highest BCUT2D eigenvalue weighted by molar-refractivity contribution is 5.90. The van der Waals surface area contributed by atoms with Crippen LogP contribution in [0.2, 0.25) is 0 Å². The van der Waals surface area contributed by atoms with E-state index in [1.54, 1.807) is 24.9 Å². The summed E-state index contributed by atoms with van der Waals surface area (Å²) in [6.45, 7) is 6.38. The molecule has 2 aromatic rings. The number of nitrogens with one attached hydrogen (secondary N) is 1. The monoisotopic (exact) mass is 292 g/mol. The summed E-state index contributed by atoms with van der Waals surface area (Å²) in [4.78, 5) is 16.0. The number of oxazole rings is 1. The molecule has 2 aromatic heterocycles. The number of aromatic nitrogens is 3. The number of nitrogens with zero attached hydrogens (tertiary/aromatic N) is 3. The van der Waals surface area contributed by atoms with Crippen molar-refractivity contribution in [3.63, 3.8) is 0 Å². The van der Waals surface area contributed by atoms with Gasteiger partial charge in [-0.15, -0.1) is 0 Å². The molecule has 7 nitrogen and oxygen atoms in total. The molecular formula is C14H20N4O3. The molecule has 0 aromatic carbocycles. The van der Waals surface area contributed by atoms with Gasteiger partial charge >= 0.3 is 5.97 Å². The fraction of sp³-hybridized carbons (Fsp3) is 0.500. The van der Waals surface area contributed by atoms with Gasteiger partial charge in [0.15, 0.2) is 0 Å². The Morgan fingerprint density at radius 3 is 2.90 bits per heavy atom. The van der Waals surface area contributed by atoms with Gasteiger partial charge < -0.3 is 14.5 Å². The lowest BCUT2D eigenvalue weighted by Crippen LogP contribution is -2.22. The van der Waals surface area contributed by atoms with Crippen LogP contribution >= 0.6 is 0 Å². The SMILES string of the molecule is CCOC(=O)c1cnn(C)c1CNC(C)c1ncc(C)o1. The predicted molar refractivity (Wildman–Crippen MR) is 75.7 cm³/mol. The fourth-order valence-electron chi connectivity index (χ4n) is 1.96. The number of carbonyl (C=O) groups excluding carboxylic acids is 1. The first-order chi connectivity index (χ1) is 10.0. The van der Waals surface area contributed by atoms with Gasteiger partial charge in [0.05, 0.1) is 30.7 Å². The van der Waals surface area contributed by atoms with Gasteiger partial charge in [-0.1, -0.05) is 0 Å². The molecule has 0 aliphatic rings. The molecule has 0 spiro atoms. The van der Waals surface area contributed by atoms with Gasteiger partial charge in [-0.3, -0.25) is 4.68 Å². The van der Waals surface area contributed by atoms with Crippen molar-refractivity contribution >= 4 is 5.97 Å². The van der Waals surface area contributed by atoms with Crippen molar-refractivity contribution < 1.29 is 13.9 Å². The first-order valence-electron chi connectivity index (χ1n) is 6.86. The maximum atomic E-state index is 11.9. The van der Waals surface area contributed by atoms with Crippen molar-refractivity contribution in [2.75, 3.05) is 6.61 Å². The first kappa shape index (κ1) is 15.2. The van der Waals surface area contributed by atoms with Crippen LogP contribution in [0.4, 0.5) is 0 Å². The third-order valence-electron chi connectivity index (χ3n) is 3.14. The zero-order chi connectivity index (χ0) is 15.4. The number of carbonyl (C=O) groups is 1. The summed E-state index contributed by atoms with van der Waals surface area (Å²) >= 11 is 0. The molecule has 0 amide bonds. The molecular weight excluding hydrogens is 272 g/mol. The van der Waals surface area contributed by atoms with Crippen molar-refractivity contribution in [3.05, 3.63) is 35.3 Å². The number of hydrogen-bond donors (Lipinski definition) is 1. The minimum absolute atomic E-state index is 0.0661. The first-order valence-corrected chi connectivity index (χ1v) is 6.86. The predicted octanol–water partition coefficient (Wildman–Crippen LogP) is 1.74. The molecule has 1 unspecified atom stereocenters. The number of hydrogen-bond acceptors (Lipinski definition) is 6. The van der Waals surface area contributed by atoms with Crippen LogP contribution in [-0.2, 0) is 18.3 Å². The van der Waals surface area contributed by atoms with Crippen LogP contribution in [0.5, 0.6) is 0 Å². The van der Waals surface area contributed by atoms with Crippen molar-refractivity contribution in [2.45, 2.75) is 33.4 Å². The zero-order valence-corrected chi connectivity index (χ0v) is 12.7. The van der Waals surface area contributed by atoms with Crippen LogP contribution < -0.4 is 5.32 Å². The Morgan fingerprint density at radius 2 is 2.29 bits per heavy atom. The molecule has 1 N–H and O–H groups in total. The van der Waals surface area contributed by atoms with Gasteiger partial charge in [0, 0.05) is 13.6 Å². The Morgan fingerprint density at radius 1 is 1.52 bits per heavy atom. The molecule has 2 rings (SSSR count). The van der Waals surface area contributed by atoms with Crippen molar-refractivity contribution in [1.29, 1.82) is 0 Å². The van der Waals surface area contributed by atoms with E-state index in [-0.39, 0.29) is 12.0 Å². The van der Waals surface area contributed by atoms with E-state index in [0.717, 1.165) is 11.5 Å². The summed E-state index contributed by atoms with van der Waals surface area (Å²) in [5.41, 5.74) is 1.24. The van der Waals surface area contributed by atoms with Crippen LogP contribution in [0.15, 0.2) is 16.8 Å². The summed E-state index contributed by atoms with van der Waals surface area (Å²) in [5.74, 6) is 1.03. The van der Waals surface area contributed by atoms with Gasteiger partial charge in [0.25, 0.3) is 0 Å². The lowest BCUT2D eigenvalue weighted by molar-refractivity contribution is 0.0524. The molecule has 0 fully saturated rings. The van der Waals surface area contributed by atoms with Crippen LogP contribution in [0.25, 0.3) is 0 Å². The van der Waals surface area contributed by atoms with E-state index in [1.165, 1.54) is 6.20 Å². The van der Waals surface area contributed by atoms with Gasteiger partial charge in [0.1, 0.15) is 11.3 Å². The van der Waals surface area contributed by atoms with E-state index in [0.29, 0.717) is 24.6 Å². The third-order valence-corrected chi connectivity index (χ3v) is 3.14. The number of aryl methyl sites for hydroxylation is 2. The van der Waals surface area contributed by atoms with Crippen molar-refractivity contribution in [1.82, 2.24) is 20.1 Å². The van der Waals surface area contributed by atoms with Gasteiger partial charge in [-0.2, -0.15) is 5.10 Å². The van der Waals surface area contributed by atoms with Crippen LogP contribution in [-0.4, -0.2) is 27.3 Å². The van der Waals surface area contributed by atoms with E-state index in [2.05, 4.69) is 15.4 Å². The highest BCUT2D eigenvalue weighted by Gasteiger charge is 2.18. The molecule has 0 bridgehead atoms. The Bertz CT molecular complexity index is 618. The third kappa shape index (κ3) is 3.49. The fourth-order valence-corrected chi connectivity index (χ4v) is 1.96. The highest BCUT2D eigenvalue weighted by Crippen LogP contribution is 2.15. The molecule has 2 heterocycles. The summed E-state index contributed by atoms with van der Waals surface area (Å²) in [7, 11) is 1.79. The van der Waals surface area contributed by atoms with E-state index >= 15 is 0 Å². The summed E-state index contributed by atoms with van der Waals surface area (Å²) in [5, 5.41) is 7.38. The standard InChI is InChI=1S/C14H20N4O3/c1-5-20-14(19)11-7-17-18(4)12(11)8-15-10(3)13-16-6-9(2)21-13/h6-7,10,15H,5,8H2,1-4H3. The molecule has 0 saturated carbocycles. The largest absolute Gasteiger partial charge is 0.462 e. The molecule has 7 heteroatoms. The molecule has 0 radical (unpaired) electrons. The van der Waals surface area contributed by atoms with Crippen LogP contribution in [0.3, 0.4) is 0 Å². The molecule has 114 valence electrons. The van der Waals surface area contributed by atoms with Crippen LogP contribution in [0.1, 0.15) is 47.6 Å². The van der Waals surface area contributed by atoms with E-state index in [4.69, 9.17) is 9.15 Å². The van der Waals surface area contributed by atoms with Gasteiger partial charge in [0.2, 0.25) is 5.89 Å². The maximum absolute atomic E-state index is 11.9. The minimum atomic E-state index is -0.359. The minimum Gasteiger partial charge on any atom is -0.462 e. The second-order valence-corrected chi connectivity index (χ2v) is 4.76. The number of ether oxygens (including phenoxy) is 1. The second-order valence-electron chi connectivity index (χ2n) is 4.76. The zero-order valence-electron chi connectivity index (χ0n) is 12.7. The lowest BCUT2D eigenvalue weighted by atomic mass is 10.2. The molecule has 21 heavy (non-hydrogen) atoms. The quantitative estimate of drug-likeness (QED) is 0.817. The Kier molecular flexibility index (Phi) is 4.74. The second kappa shape index (κ2) is 6.53. The van der Waals surface area contributed by atoms with Crippen molar-refractivity contribution in [2.24, 2.45) is 7.05 Å². The Hall–Kier alpha value is -2.15. The van der Waals surface area contributed by atoms with E-state index in [9.17, 15) is 4.79 Å². The maximum Gasteiger partial charge on any atom is 0.341 e. The summed E-state index contributed by atoms with van der Waals surface area (Å²) in [6.07, 6.45) is 3.20. The smallest absolute Gasteiger partial charge is 0.341 e. The normalized spacial score (nSPS) is 12.4. The average molecular weight is 292 g/mol. The van der Waals surface area contributed by atoms with E-state index in [1.807, 2.05) is 13.8 Å². The Labute approximate surface area is 123 Å². The molecule has 0 aliphatic heterocycles.